The second kappa shape index (κ2) is 8.95. The molecule has 2 amide bonds. The zero-order valence-electron chi connectivity index (χ0n) is 16.3. The second-order valence-corrected chi connectivity index (χ2v) is 7.58. The Labute approximate surface area is 173 Å². The van der Waals surface area contributed by atoms with E-state index < -0.39 is 17.9 Å². The predicted molar refractivity (Wildman–Crippen MR) is 105 cm³/mol. The van der Waals surface area contributed by atoms with Crippen molar-refractivity contribution in [1.29, 1.82) is 0 Å². The quantitative estimate of drug-likeness (QED) is 0.392. The summed E-state index contributed by atoms with van der Waals surface area (Å²) in [6.45, 7) is 3.61. The molecule has 0 radical (unpaired) electrons. The van der Waals surface area contributed by atoms with Gasteiger partial charge in [-0.15, -0.1) is 0 Å². The van der Waals surface area contributed by atoms with E-state index in [0.29, 0.717) is 12.8 Å². The third-order valence-electron chi connectivity index (χ3n) is 5.19. The number of rotatable bonds is 6. The van der Waals surface area contributed by atoms with E-state index in [1.54, 1.807) is 13.8 Å². The number of hydrogen-bond donors (Lipinski definition) is 0. The third kappa shape index (κ3) is 4.45. The van der Waals surface area contributed by atoms with Gasteiger partial charge in [-0.1, -0.05) is 24.4 Å². The van der Waals surface area contributed by atoms with Crippen molar-refractivity contribution in [3.8, 4) is 5.75 Å². The van der Waals surface area contributed by atoms with Crippen LogP contribution in [0.5, 0.6) is 5.75 Å². The van der Waals surface area contributed by atoms with Gasteiger partial charge in [0.2, 0.25) is 11.8 Å². The van der Waals surface area contributed by atoms with Gasteiger partial charge in [0.25, 0.3) is 0 Å². The van der Waals surface area contributed by atoms with E-state index in [-0.39, 0.29) is 46.7 Å². The van der Waals surface area contributed by atoms with Crippen LogP contribution in [0.4, 0.5) is 10.1 Å². The number of nitrogens with zero attached hydrogens (tertiary/aromatic N) is 1. The van der Waals surface area contributed by atoms with Crippen LogP contribution in [-0.2, 0) is 19.1 Å². The van der Waals surface area contributed by atoms with Crippen molar-refractivity contribution >= 4 is 35.1 Å². The van der Waals surface area contributed by atoms with Gasteiger partial charge in [-0.25, -0.2) is 14.1 Å². The maximum absolute atomic E-state index is 14.6. The zero-order chi connectivity index (χ0) is 21.1. The molecule has 1 aromatic carbocycles. The van der Waals surface area contributed by atoms with Gasteiger partial charge in [0.15, 0.2) is 0 Å². The molecule has 156 valence electrons. The minimum Gasteiger partial charge on any atom is -0.485 e. The summed E-state index contributed by atoms with van der Waals surface area (Å²) < 4.78 is 25.1. The molecular formula is C21H23ClFNO5. The van der Waals surface area contributed by atoms with Gasteiger partial charge in [-0.05, 0) is 38.8 Å². The highest BCUT2D eigenvalue weighted by atomic mass is 35.5. The highest BCUT2D eigenvalue weighted by molar-refractivity contribution is 6.32. The average molecular weight is 424 g/mol. The molecule has 3 rings (SSSR count). The van der Waals surface area contributed by atoms with Crippen molar-refractivity contribution in [1.82, 2.24) is 0 Å². The number of benzene rings is 1. The van der Waals surface area contributed by atoms with E-state index in [4.69, 9.17) is 21.1 Å². The van der Waals surface area contributed by atoms with Crippen LogP contribution in [-0.4, -0.2) is 30.5 Å². The normalized spacial score (nSPS) is 22.7. The van der Waals surface area contributed by atoms with Gasteiger partial charge in [-0.3, -0.25) is 9.59 Å². The van der Waals surface area contributed by atoms with E-state index >= 15 is 0 Å². The van der Waals surface area contributed by atoms with Crippen molar-refractivity contribution in [3.63, 3.8) is 0 Å². The molecule has 3 unspecified atom stereocenters. The molecule has 2 aliphatic rings. The van der Waals surface area contributed by atoms with Crippen LogP contribution in [0.25, 0.3) is 0 Å². The fourth-order valence-corrected chi connectivity index (χ4v) is 4.02. The minimum atomic E-state index is -0.766. The van der Waals surface area contributed by atoms with Gasteiger partial charge >= 0.3 is 5.97 Å². The summed E-state index contributed by atoms with van der Waals surface area (Å²) in [6, 6.07) is 2.29. The van der Waals surface area contributed by atoms with Crippen molar-refractivity contribution in [2.75, 3.05) is 11.5 Å². The summed E-state index contributed by atoms with van der Waals surface area (Å²) in [5.74, 6) is -2.69. The van der Waals surface area contributed by atoms with Gasteiger partial charge in [0.1, 0.15) is 17.7 Å². The van der Waals surface area contributed by atoms with E-state index in [2.05, 4.69) is 0 Å². The summed E-state index contributed by atoms with van der Waals surface area (Å²) in [7, 11) is 0. The zero-order valence-corrected chi connectivity index (χ0v) is 17.1. The van der Waals surface area contributed by atoms with Crippen LogP contribution in [0.3, 0.4) is 0 Å². The molecule has 0 bridgehead atoms. The monoisotopic (exact) mass is 423 g/mol. The molecule has 0 aromatic heterocycles. The Balaban J connectivity index is 1.83. The lowest BCUT2D eigenvalue weighted by Crippen LogP contribution is -2.31. The molecule has 29 heavy (non-hydrogen) atoms. The number of imide groups is 1. The Morgan fingerprint density at radius 2 is 1.90 bits per heavy atom. The maximum atomic E-state index is 14.6. The first-order valence-corrected chi connectivity index (χ1v) is 10.1. The largest absolute Gasteiger partial charge is 0.485 e. The smallest absolute Gasteiger partial charge is 0.330 e. The lowest BCUT2D eigenvalue weighted by molar-refractivity contribution is -0.137. The molecule has 6 nitrogen and oxygen atoms in total. The molecule has 3 atom stereocenters. The van der Waals surface area contributed by atoms with Gasteiger partial charge in [0, 0.05) is 12.1 Å². The van der Waals surface area contributed by atoms with Crippen LogP contribution in [0.1, 0.15) is 39.5 Å². The minimum absolute atomic E-state index is 0.000791. The Hall–Kier alpha value is -2.41. The first-order valence-electron chi connectivity index (χ1n) is 9.72. The predicted octanol–water partition coefficient (Wildman–Crippen LogP) is 4.05. The van der Waals surface area contributed by atoms with Crippen LogP contribution in [0.15, 0.2) is 24.3 Å². The van der Waals surface area contributed by atoms with E-state index in [1.165, 1.54) is 18.2 Å². The average Bonchev–Trinajstić information content (AvgIpc) is 2.94. The van der Waals surface area contributed by atoms with E-state index in [9.17, 15) is 18.8 Å². The molecule has 1 aliphatic carbocycles. The molecule has 1 aromatic rings. The Kier molecular flexibility index (Phi) is 6.57. The lowest BCUT2D eigenvalue weighted by atomic mass is 9.81. The van der Waals surface area contributed by atoms with Crippen LogP contribution in [0, 0.1) is 17.7 Å². The summed E-state index contributed by atoms with van der Waals surface area (Å²) in [4.78, 5) is 37.9. The fourth-order valence-electron chi connectivity index (χ4n) is 3.82. The molecule has 0 spiro atoms. The SMILES string of the molecule is CCOC(=O)C=CC(C)Oc1cc(N2C(=O)C3CCCCC3C2=O)c(F)cc1Cl. The van der Waals surface area contributed by atoms with E-state index in [0.717, 1.165) is 23.8 Å². The van der Waals surface area contributed by atoms with Crippen molar-refractivity contribution in [2.24, 2.45) is 11.8 Å². The highest BCUT2D eigenvalue weighted by Gasteiger charge is 2.49. The first-order chi connectivity index (χ1) is 13.8. The maximum Gasteiger partial charge on any atom is 0.330 e. The fraction of sp³-hybridized carbons (Fsp3) is 0.476. The molecule has 1 saturated carbocycles. The van der Waals surface area contributed by atoms with Crippen LogP contribution < -0.4 is 9.64 Å². The molecule has 1 heterocycles. The third-order valence-corrected chi connectivity index (χ3v) is 5.48. The topological polar surface area (TPSA) is 72.9 Å². The van der Waals surface area contributed by atoms with Crippen LogP contribution >= 0.6 is 11.6 Å². The summed E-state index contributed by atoms with van der Waals surface area (Å²) >= 11 is 6.09. The number of carbonyl (C=O) groups is 3. The summed E-state index contributed by atoms with van der Waals surface area (Å²) in [6.07, 6.45) is 5.16. The number of carbonyl (C=O) groups excluding carboxylic acids is 3. The van der Waals surface area contributed by atoms with Gasteiger partial charge in [-0.2, -0.15) is 0 Å². The molecule has 0 N–H and O–H groups in total. The lowest BCUT2D eigenvalue weighted by Gasteiger charge is -2.19. The van der Waals surface area contributed by atoms with Crippen molar-refractivity contribution in [2.45, 2.75) is 45.6 Å². The molecule has 1 aliphatic heterocycles. The number of esters is 1. The van der Waals surface area contributed by atoms with E-state index in [1.807, 2.05) is 0 Å². The van der Waals surface area contributed by atoms with Crippen LogP contribution in [0.2, 0.25) is 5.02 Å². The van der Waals surface area contributed by atoms with Crippen molar-refractivity contribution in [3.05, 3.63) is 35.1 Å². The Morgan fingerprint density at radius 1 is 1.28 bits per heavy atom. The first kappa shape index (κ1) is 21.3. The Bertz CT molecular complexity index is 832. The number of halogens is 2. The molecular weight excluding hydrogens is 401 g/mol. The highest BCUT2D eigenvalue weighted by Crippen LogP contribution is 2.42. The number of hydrogen-bond acceptors (Lipinski definition) is 5. The molecule has 8 heteroatoms. The molecule has 2 fully saturated rings. The van der Waals surface area contributed by atoms with Gasteiger partial charge < -0.3 is 9.47 Å². The summed E-state index contributed by atoms with van der Waals surface area (Å²) in [5, 5.41) is -0.000791. The molecule has 1 saturated heterocycles. The van der Waals surface area contributed by atoms with Crippen molar-refractivity contribution < 1.29 is 28.2 Å². The Morgan fingerprint density at radius 3 is 2.48 bits per heavy atom. The summed E-state index contributed by atoms with van der Waals surface area (Å²) in [5.41, 5.74) is -0.157. The van der Waals surface area contributed by atoms with Gasteiger partial charge in [0.05, 0.1) is 29.2 Å². The standard InChI is InChI=1S/C21H23ClFNO5/c1-3-28-19(25)9-8-12(2)29-18-11-17(16(23)10-15(18)22)24-20(26)13-6-4-5-7-14(13)21(24)27/h8-14H,3-7H2,1-2H3. The second-order valence-electron chi connectivity index (χ2n) is 7.18. The number of amides is 2. The number of anilines is 1. The number of ether oxygens (including phenoxy) is 2. The number of fused-ring (bicyclic) bond motifs is 1.